The molecule has 1 aromatic rings. The molecule has 2 amide bonds. The molecule has 0 aromatic heterocycles. The number of amides is 2. The maximum absolute atomic E-state index is 12.2. The van der Waals surface area contributed by atoms with Crippen molar-refractivity contribution in [2.24, 2.45) is 11.8 Å². The monoisotopic (exact) mass is 290 g/mol. The number of carbonyl (C=O) groups is 2. The third-order valence-electron chi connectivity index (χ3n) is 4.07. The quantitative estimate of drug-likeness (QED) is 0.895. The van der Waals surface area contributed by atoms with E-state index in [1.807, 2.05) is 13.0 Å². The summed E-state index contributed by atoms with van der Waals surface area (Å²) in [7, 11) is 1.74. The molecular formula is C16H22N2O3. The van der Waals surface area contributed by atoms with Crippen LogP contribution in [0.1, 0.15) is 34.8 Å². The van der Waals surface area contributed by atoms with Crippen molar-refractivity contribution in [1.29, 1.82) is 0 Å². The first-order valence-corrected chi connectivity index (χ1v) is 7.16. The minimum Gasteiger partial charge on any atom is -0.478 e. The standard InChI is InChI=1S/C16H22N2O3/c1-9-5-11(3)14(13(6-9)15(19)20)17-16(21)18(4)8-12-7-10(12)2/h5-6,10,12H,7-8H2,1-4H3,(H,17,21)(H,19,20). The van der Waals surface area contributed by atoms with Gasteiger partial charge >= 0.3 is 12.0 Å². The molecule has 2 rings (SSSR count). The number of benzene rings is 1. The number of carboxylic acid groups (broad SMARTS) is 1. The summed E-state index contributed by atoms with van der Waals surface area (Å²) in [5.41, 5.74) is 2.14. The van der Waals surface area contributed by atoms with E-state index in [2.05, 4.69) is 12.2 Å². The molecule has 114 valence electrons. The molecule has 5 heteroatoms. The van der Waals surface area contributed by atoms with Crippen LogP contribution in [0.15, 0.2) is 12.1 Å². The van der Waals surface area contributed by atoms with Crippen molar-refractivity contribution in [3.05, 3.63) is 28.8 Å². The lowest BCUT2D eigenvalue weighted by Gasteiger charge is -2.20. The van der Waals surface area contributed by atoms with Crippen LogP contribution in [0, 0.1) is 25.7 Å². The second kappa shape index (κ2) is 5.76. The SMILES string of the molecule is Cc1cc(C)c(NC(=O)N(C)CC2CC2C)c(C(=O)O)c1. The number of hydrogen-bond acceptors (Lipinski definition) is 2. The number of carbonyl (C=O) groups excluding carboxylic acids is 1. The van der Waals surface area contributed by atoms with Gasteiger partial charge in [-0.3, -0.25) is 0 Å². The van der Waals surface area contributed by atoms with E-state index >= 15 is 0 Å². The van der Waals surface area contributed by atoms with Gasteiger partial charge in [0.05, 0.1) is 11.3 Å². The largest absolute Gasteiger partial charge is 0.478 e. The van der Waals surface area contributed by atoms with Gasteiger partial charge in [0.15, 0.2) is 0 Å². The van der Waals surface area contributed by atoms with Crippen LogP contribution in [-0.4, -0.2) is 35.6 Å². The molecule has 1 saturated carbocycles. The highest BCUT2D eigenvalue weighted by Gasteiger charge is 2.34. The fourth-order valence-electron chi connectivity index (χ4n) is 2.59. The Morgan fingerprint density at radius 2 is 2.00 bits per heavy atom. The van der Waals surface area contributed by atoms with E-state index in [9.17, 15) is 14.7 Å². The second-order valence-corrected chi connectivity index (χ2v) is 6.09. The summed E-state index contributed by atoms with van der Waals surface area (Å²) in [6, 6.07) is 3.18. The molecule has 0 aliphatic heterocycles. The van der Waals surface area contributed by atoms with Crippen molar-refractivity contribution in [3.8, 4) is 0 Å². The average molecular weight is 290 g/mol. The number of urea groups is 1. The topological polar surface area (TPSA) is 69.6 Å². The summed E-state index contributed by atoms with van der Waals surface area (Å²) >= 11 is 0. The van der Waals surface area contributed by atoms with E-state index in [-0.39, 0.29) is 11.6 Å². The van der Waals surface area contributed by atoms with Gasteiger partial charge < -0.3 is 15.3 Å². The van der Waals surface area contributed by atoms with E-state index in [0.29, 0.717) is 24.1 Å². The number of nitrogens with zero attached hydrogens (tertiary/aromatic N) is 1. The number of hydrogen-bond donors (Lipinski definition) is 2. The van der Waals surface area contributed by atoms with E-state index in [1.54, 1.807) is 24.9 Å². The van der Waals surface area contributed by atoms with Crippen molar-refractivity contribution in [3.63, 3.8) is 0 Å². The molecule has 0 bridgehead atoms. The maximum Gasteiger partial charge on any atom is 0.337 e. The molecule has 2 atom stereocenters. The van der Waals surface area contributed by atoms with Gasteiger partial charge in [0.25, 0.3) is 0 Å². The number of aromatic carboxylic acids is 1. The summed E-state index contributed by atoms with van der Waals surface area (Å²) in [6.45, 7) is 6.52. The number of anilines is 1. The van der Waals surface area contributed by atoms with Gasteiger partial charge in [-0.25, -0.2) is 9.59 Å². The minimum absolute atomic E-state index is 0.133. The van der Waals surface area contributed by atoms with Gasteiger partial charge in [-0.2, -0.15) is 0 Å². The lowest BCUT2D eigenvalue weighted by Crippen LogP contribution is -2.34. The molecule has 1 aliphatic rings. The molecular weight excluding hydrogens is 268 g/mol. The molecule has 0 heterocycles. The molecule has 2 unspecified atom stereocenters. The van der Waals surface area contributed by atoms with Crippen LogP contribution < -0.4 is 5.32 Å². The lowest BCUT2D eigenvalue weighted by atomic mass is 10.0. The van der Waals surface area contributed by atoms with Gasteiger partial charge in [0.2, 0.25) is 0 Å². The van der Waals surface area contributed by atoms with E-state index in [4.69, 9.17) is 0 Å². The Bertz CT molecular complexity index is 583. The molecule has 21 heavy (non-hydrogen) atoms. The van der Waals surface area contributed by atoms with E-state index in [1.165, 1.54) is 0 Å². The van der Waals surface area contributed by atoms with Crippen molar-refractivity contribution < 1.29 is 14.7 Å². The first kappa shape index (κ1) is 15.4. The molecule has 1 aromatic carbocycles. The Labute approximate surface area is 125 Å². The fourth-order valence-corrected chi connectivity index (χ4v) is 2.59. The van der Waals surface area contributed by atoms with Crippen LogP contribution in [0.2, 0.25) is 0 Å². The molecule has 1 fully saturated rings. The van der Waals surface area contributed by atoms with Crippen LogP contribution in [0.5, 0.6) is 0 Å². The van der Waals surface area contributed by atoms with Gasteiger partial charge in [-0.1, -0.05) is 13.0 Å². The fraction of sp³-hybridized carbons (Fsp3) is 0.500. The normalized spacial score (nSPS) is 20.0. The lowest BCUT2D eigenvalue weighted by molar-refractivity contribution is 0.0698. The third kappa shape index (κ3) is 3.54. The zero-order valence-corrected chi connectivity index (χ0v) is 12.9. The first-order chi connectivity index (χ1) is 9.79. The summed E-state index contributed by atoms with van der Waals surface area (Å²) in [4.78, 5) is 25.2. The Balaban J connectivity index is 2.14. The van der Waals surface area contributed by atoms with Crippen molar-refractivity contribution in [1.82, 2.24) is 4.90 Å². The van der Waals surface area contributed by atoms with Crippen molar-refractivity contribution in [2.75, 3.05) is 18.9 Å². The summed E-state index contributed by atoms with van der Waals surface area (Å²) in [6.07, 6.45) is 1.15. The Morgan fingerprint density at radius 1 is 1.38 bits per heavy atom. The van der Waals surface area contributed by atoms with E-state index in [0.717, 1.165) is 17.5 Å². The number of rotatable bonds is 4. The van der Waals surface area contributed by atoms with Crippen molar-refractivity contribution in [2.45, 2.75) is 27.2 Å². The van der Waals surface area contributed by atoms with Gasteiger partial charge in [0, 0.05) is 13.6 Å². The Morgan fingerprint density at radius 3 is 2.52 bits per heavy atom. The summed E-state index contributed by atoms with van der Waals surface area (Å²) in [5.74, 6) is 0.213. The molecule has 0 saturated heterocycles. The highest BCUT2D eigenvalue weighted by Crippen LogP contribution is 2.38. The highest BCUT2D eigenvalue weighted by molar-refractivity contribution is 6.01. The summed E-state index contributed by atoms with van der Waals surface area (Å²) < 4.78 is 0. The first-order valence-electron chi connectivity index (χ1n) is 7.16. The summed E-state index contributed by atoms with van der Waals surface area (Å²) in [5, 5.41) is 12.0. The van der Waals surface area contributed by atoms with Crippen LogP contribution in [-0.2, 0) is 0 Å². The second-order valence-electron chi connectivity index (χ2n) is 6.09. The molecule has 0 spiro atoms. The van der Waals surface area contributed by atoms with Crippen LogP contribution >= 0.6 is 0 Å². The van der Waals surface area contributed by atoms with Crippen molar-refractivity contribution >= 4 is 17.7 Å². The molecule has 0 radical (unpaired) electrons. The van der Waals surface area contributed by atoms with Crippen LogP contribution in [0.25, 0.3) is 0 Å². The van der Waals surface area contributed by atoms with Gasteiger partial charge in [-0.15, -0.1) is 0 Å². The highest BCUT2D eigenvalue weighted by atomic mass is 16.4. The van der Waals surface area contributed by atoms with Crippen LogP contribution in [0.3, 0.4) is 0 Å². The van der Waals surface area contributed by atoms with Gasteiger partial charge in [-0.05, 0) is 49.3 Å². The smallest absolute Gasteiger partial charge is 0.337 e. The molecule has 1 aliphatic carbocycles. The van der Waals surface area contributed by atoms with Gasteiger partial charge in [0.1, 0.15) is 0 Å². The number of nitrogens with one attached hydrogen (secondary N) is 1. The predicted octanol–water partition coefficient (Wildman–Crippen LogP) is 3.12. The Kier molecular flexibility index (Phi) is 4.21. The number of carboxylic acids is 1. The maximum atomic E-state index is 12.2. The molecule has 2 N–H and O–H groups in total. The predicted molar refractivity (Wildman–Crippen MR) is 81.8 cm³/mol. The van der Waals surface area contributed by atoms with Crippen LogP contribution in [0.4, 0.5) is 10.5 Å². The zero-order chi connectivity index (χ0) is 15.7. The number of aryl methyl sites for hydroxylation is 2. The molecule has 5 nitrogen and oxygen atoms in total. The zero-order valence-electron chi connectivity index (χ0n) is 12.9. The van der Waals surface area contributed by atoms with E-state index < -0.39 is 5.97 Å². The minimum atomic E-state index is -1.03. The average Bonchev–Trinajstić information content (AvgIpc) is 3.07. The Hall–Kier alpha value is -2.04. The third-order valence-corrected chi connectivity index (χ3v) is 4.07.